The molecule has 0 amide bonds. The molecule has 1 aromatic heterocycles. The van der Waals surface area contributed by atoms with Crippen molar-refractivity contribution in [2.45, 2.75) is 13.8 Å². The van der Waals surface area contributed by atoms with Gasteiger partial charge in [0.1, 0.15) is 17.0 Å². The molecule has 0 atom stereocenters. The van der Waals surface area contributed by atoms with Gasteiger partial charge in [0.05, 0.1) is 24.8 Å². The van der Waals surface area contributed by atoms with Gasteiger partial charge in [-0.15, -0.1) is 0 Å². The summed E-state index contributed by atoms with van der Waals surface area (Å²) in [5.41, 5.74) is 0.843. The largest absolute Gasteiger partial charge is 0.496 e. The van der Waals surface area contributed by atoms with Crippen LogP contribution in [0, 0.1) is 0 Å². The predicted molar refractivity (Wildman–Crippen MR) is 84.5 cm³/mol. The highest BCUT2D eigenvalue weighted by Crippen LogP contribution is 2.33. The number of esters is 2. The van der Waals surface area contributed by atoms with Crippen LogP contribution in [-0.2, 0) is 9.47 Å². The Balaban J connectivity index is 2.69. The van der Waals surface area contributed by atoms with Crippen LogP contribution in [0.1, 0.15) is 34.7 Å². The number of rotatable bonds is 5. The quantitative estimate of drug-likeness (QED) is 0.818. The molecule has 0 aliphatic carbocycles. The molecule has 0 spiro atoms. The van der Waals surface area contributed by atoms with E-state index < -0.39 is 11.9 Å². The number of nitrogens with one attached hydrogen (secondary N) is 1. The molecule has 0 saturated heterocycles. The first-order chi connectivity index (χ1) is 10.5. The molecule has 0 unspecified atom stereocenters. The Morgan fingerprint density at radius 1 is 1.14 bits per heavy atom. The zero-order valence-corrected chi connectivity index (χ0v) is 14.1. The van der Waals surface area contributed by atoms with Crippen molar-refractivity contribution in [1.82, 2.24) is 4.98 Å². The van der Waals surface area contributed by atoms with E-state index in [4.69, 9.17) is 14.2 Å². The van der Waals surface area contributed by atoms with Crippen LogP contribution in [0.15, 0.2) is 16.6 Å². The summed E-state index contributed by atoms with van der Waals surface area (Å²) in [5.74, 6) is -0.634. The Morgan fingerprint density at radius 2 is 1.77 bits per heavy atom. The number of carbonyl (C=O) groups is 2. The molecule has 0 saturated carbocycles. The molecule has 0 radical (unpaired) electrons. The summed E-state index contributed by atoms with van der Waals surface area (Å²) >= 11 is 3.37. The molecule has 7 heteroatoms. The van der Waals surface area contributed by atoms with E-state index in [0.717, 1.165) is 0 Å². The number of halogens is 1. The number of fused-ring (bicyclic) bond motifs is 1. The van der Waals surface area contributed by atoms with Crippen molar-refractivity contribution in [2.24, 2.45) is 0 Å². The molecule has 2 rings (SSSR count). The molecular weight excluding hydrogens is 354 g/mol. The standard InChI is InChI=1S/C15H16BrNO5/c1-4-21-14(18)12-8-6-11(20-3)9(16)7-10(8)17-13(12)15(19)22-5-2/h6-7,17H,4-5H2,1-3H3. The average Bonchev–Trinajstić information content (AvgIpc) is 2.85. The second kappa shape index (κ2) is 6.83. The lowest BCUT2D eigenvalue weighted by molar-refractivity contribution is 0.0477. The van der Waals surface area contributed by atoms with Crippen molar-refractivity contribution in [2.75, 3.05) is 20.3 Å². The van der Waals surface area contributed by atoms with Gasteiger partial charge in [-0.05, 0) is 41.9 Å². The third-order valence-corrected chi connectivity index (χ3v) is 3.65. The van der Waals surface area contributed by atoms with Crippen molar-refractivity contribution in [1.29, 1.82) is 0 Å². The first-order valence-corrected chi connectivity index (χ1v) is 7.56. The zero-order chi connectivity index (χ0) is 16.3. The summed E-state index contributed by atoms with van der Waals surface area (Å²) in [6.45, 7) is 3.82. The van der Waals surface area contributed by atoms with Crippen molar-refractivity contribution < 1.29 is 23.8 Å². The van der Waals surface area contributed by atoms with E-state index in [1.54, 1.807) is 26.0 Å². The minimum atomic E-state index is -0.600. The number of aromatic amines is 1. The fraction of sp³-hybridized carbons (Fsp3) is 0.333. The number of H-pyrrole nitrogens is 1. The summed E-state index contributed by atoms with van der Waals surface area (Å²) in [6, 6.07) is 3.41. The lowest BCUT2D eigenvalue weighted by atomic mass is 10.1. The number of benzene rings is 1. The highest BCUT2D eigenvalue weighted by molar-refractivity contribution is 9.10. The van der Waals surface area contributed by atoms with Crippen LogP contribution in [0.3, 0.4) is 0 Å². The van der Waals surface area contributed by atoms with Gasteiger partial charge in [0.2, 0.25) is 0 Å². The number of carbonyl (C=O) groups excluding carboxylic acids is 2. The van der Waals surface area contributed by atoms with E-state index in [-0.39, 0.29) is 24.5 Å². The van der Waals surface area contributed by atoms with Crippen LogP contribution in [0.25, 0.3) is 10.9 Å². The summed E-state index contributed by atoms with van der Waals surface area (Å²) in [6.07, 6.45) is 0. The van der Waals surface area contributed by atoms with Gasteiger partial charge in [-0.2, -0.15) is 0 Å². The second-order valence-corrected chi connectivity index (χ2v) is 5.20. The van der Waals surface area contributed by atoms with Gasteiger partial charge in [0, 0.05) is 10.9 Å². The van der Waals surface area contributed by atoms with Crippen molar-refractivity contribution >= 4 is 38.8 Å². The molecule has 0 aliphatic heterocycles. The van der Waals surface area contributed by atoms with Gasteiger partial charge in [-0.1, -0.05) is 0 Å². The van der Waals surface area contributed by atoms with Crippen LogP contribution in [0.4, 0.5) is 0 Å². The second-order valence-electron chi connectivity index (χ2n) is 4.35. The minimum absolute atomic E-state index is 0.0791. The average molecular weight is 370 g/mol. The molecule has 118 valence electrons. The Hall–Kier alpha value is -2.02. The topological polar surface area (TPSA) is 77.6 Å². The zero-order valence-electron chi connectivity index (χ0n) is 12.5. The molecule has 1 aromatic carbocycles. The highest BCUT2D eigenvalue weighted by atomic mass is 79.9. The number of methoxy groups -OCH3 is 1. The number of aromatic nitrogens is 1. The van der Waals surface area contributed by atoms with Gasteiger partial charge in [-0.3, -0.25) is 0 Å². The third kappa shape index (κ3) is 2.94. The van der Waals surface area contributed by atoms with Crippen LogP contribution < -0.4 is 4.74 Å². The predicted octanol–water partition coefficient (Wildman–Crippen LogP) is 3.29. The van der Waals surface area contributed by atoms with Gasteiger partial charge in [0.25, 0.3) is 0 Å². The van der Waals surface area contributed by atoms with Crippen LogP contribution in [0.5, 0.6) is 5.75 Å². The van der Waals surface area contributed by atoms with Crippen molar-refractivity contribution in [3.05, 3.63) is 27.9 Å². The lowest BCUT2D eigenvalue weighted by Gasteiger charge is -2.05. The minimum Gasteiger partial charge on any atom is -0.496 e. The molecule has 2 aromatic rings. The number of hydrogen-bond acceptors (Lipinski definition) is 5. The Morgan fingerprint density at radius 3 is 2.36 bits per heavy atom. The summed E-state index contributed by atoms with van der Waals surface area (Å²) in [4.78, 5) is 27.2. The number of ether oxygens (including phenoxy) is 3. The van der Waals surface area contributed by atoms with Crippen LogP contribution in [0.2, 0.25) is 0 Å². The summed E-state index contributed by atoms with van der Waals surface area (Å²) in [7, 11) is 1.52. The van der Waals surface area contributed by atoms with Crippen molar-refractivity contribution in [3.63, 3.8) is 0 Å². The van der Waals surface area contributed by atoms with E-state index in [2.05, 4.69) is 20.9 Å². The Kier molecular flexibility index (Phi) is 5.07. The fourth-order valence-corrected chi connectivity index (χ4v) is 2.63. The van der Waals surface area contributed by atoms with Crippen LogP contribution >= 0.6 is 15.9 Å². The van der Waals surface area contributed by atoms with Crippen molar-refractivity contribution in [3.8, 4) is 5.75 Å². The van der Waals surface area contributed by atoms with Gasteiger partial charge < -0.3 is 19.2 Å². The molecule has 6 nitrogen and oxygen atoms in total. The first-order valence-electron chi connectivity index (χ1n) is 6.76. The summed E-state index contributed by atoms with van der Waals surface area (Å²) < 4.78 is 16.0. The lowest BCUT2D eigenvalue weighted by Crippen LogP contribution is -2.13. The molecule has 1 heterocycles. The Labute approximate surface area is 135 Å². The van der Waals surface area contributed by atoms with E-state index in [1.165, 1.54) is 7.11 Å². The van der Waals surface area contributed by atoms with Crippen LogP contribution in [-0.4, -0.2) is 37.2 Å². The Bertz CT molecular complexity index is 722. The SMILES string of the molecule is CCOC(=O)c1[nH]c2cc(Br)c(OC)cc2c1C(=O)OCC. The molecule has 1 N–H and O–H groups in total. The first kappa shape index (κ1) is 16.4. The fourth-order valence-electron chi connectivity index (χ4n) is 2.12. The van der Waals surface area contributed by atoms with E-state index in [9.17, 15) is 9.59 Å². The van der Waals surface area contributed by atoms with E-state index in [1.807, 2.05) is 0 Å². The summed E-state index contributed by atoms with van der Waals surface area (Å²) in [5, 5.41) is 0.543. The maximum absolute atomic E-state index is 12.2. The monoisotopic (exact) mass is 369 g/mol. The number of hydrogen-bond donors (Lipinski definition) is 1. The molecule has 0 bridgehead atoms. The maximum Gasteiger partial charge on any atom is 0.355 e. The van der Waals surface area contributed by atoms with Gasteiger partial charge in [-0.25, -0.2) is 9.59 Å². The molecule has 22 heavy (non-hydrogen) atoms. The van der Waals surface area contributed by atoms with Gasteiger partial charge in [0.15, 0.2) is 0 Å². The normalized spacial score (nSPS) is 10.5. The van der Waals surface area contributed by atoms with Gasteiger partial charge >= 0.3 is 11.9 Å². The van der Waals surface area contributed by atoms with E-state index >= 15 is 0 Å². The smallest absolute Gasteiger partial charge is 0.355 e. The highest BCUT2D eigenvalue weighted by Gasteiger charge is 2.26. The molecule has 0 aliphatic rings. The third-order valence-electron chi connectivity index (χ3n) is 3.03. The molecule has 0 fully saturated rings. The molecular formula is C15H16BrNO5. The maximum atomic E-state index is 12.2. The van der Waals surface area contributed by atoms with E-state index in [0.29, 0.717) is 21.1 Å².